The number of amides is 2. The maximum absolute atomic E-state index is 12.6. The van der Waals surface area contributed by atoms with Gasteiger partial charge in [-0.2, -0.15) is 8.78 Å². The normalized spacial score (nSPS) is 15.2. The van der Waals surface area contributed by atoms with Crippen LogP contribution in [0, 0.1) is 0 Å². The summed E-state index contributed by atoms with van der Waals surface area (Å²) in [6, 6.07) is 6.35. The summed E-state index contributed by atoms with van der Waals surface area (Å²) in [7, 11) is 0. The monoisotopic (exact) mass is 409 g/mol. The van der Waals surface area contributed by atoms with E-state index >= 15 is 0 Å². The predicted molar refractivity (Wildman–Crippen MR) is 102 cm³/mol. The van der Waals surface area contributed by atoms with E-state index < -0.39 is 6.61 Å². The van der Waals surface area contributed by atoms with Crippen LogP contribution in [0.4, 0.5) is 13.9 Å². The molecule has 1 aliphatic rings. The highest BCUT2D eigenvalue weighted by atomic mass is 32.1. The third-order valence-corrected chi connectivity index (χ3v) is 5.14. The van der Waals surface area contributed by atoms with Crippen molar-refractivity contribution in [2.45, 2.75) is 38.7 Å². The molecule has 6 nitrogen and oxygen atoms in total. The van der Waals surface area contributed by atoms with E-state index in [2.05, 4.69) is 15.0 Å². The summed E-state index contributed by atoms with van der Waals surface area (Å²) < 4.78 is 29.7. The highest BCUT2D eigenvalue weighted by molar-refractivity contribution is 7.14. The first-order valence-electron chi connectivity index (χ1n) is 9.10. The topological polar surface area (TPSA) is 71.5 Å². The Hall–Kier alpha value is -2.55. The van der Waals surface area contributed by atoms with Crippen LogP contribution >= 0.6 is 11.3 Å². The SMILES string of the molecule is O=C(CN1CCCCCCC1=O)Nc1nc(-c2ccccc2OC(F)F)cs1. The number of likely N-dealkylation sites (tertiary alicyclic amines) is 1. The van der Waals surface area contributed by atoms with Gasteiger partial charge in [0.15, 0.2) is 5.13 Å². The molecule has 0 bridgehead atoms. The summed E-state index contributed by atoms with van der Waals surface area (Å²) in [6.07, 6.45) is 4.32. The summed E-state index contributed by atoms with van der Waals surface area (Å²) >= 11 is 1.18. The summed E-state index contributed by atoms with van der Waals surface area (Å²) in [5.41, 5.74) is 0.845. The van der Waals surface area contributed by atoms with Crippen LogP contribution in [0.15, 0.2) is 29.6 Å². The van der Waals surface area contributed by atoms with Crippen LogP contribution < -0.4 is 10.1 Å². The Morgan fingerprint density at radius 2 is 2.04 bits per heavy atom. The van der Waals surface area contributed by atoms with Gasteiger partial charge in [-0.25, -0.2) is 4.98 Å². The molecule has 0 unspecified atom stereocenters. The number of benzene rings is 1. The van der Waals surface area contributed by atoms with Crippen LogP contribution in [0.5, 0.6) is 5.75 Å². The second-order valence-corrected chi connectivity index (χ2v) is 7.30. The van der Waals surface area contributed by atoms with Crippen molar-refractivity contribution in [3.8, 4) is 17.0 Å². The van der Waals surface area contributed by atoms with Crippen molar-refractivity contribution in [2.24, 2.45) is 0 Å². The maximum atomic E-state index is 12.6. The van der Waals surface area contributed by atoms with Gasteiger partial charge >= 0.3 is 6.61 Å². The van der Waals surface area contributed by atoms with Gasteiger partial charge in [-0.1, -0.05) is 25.0 Å². The van der Waals surface area contributed by atoms with Gasteiger partial charge in [0.1, 0.15) is 5.75 Å². The second-order valence-electron chi connectivity index (χ2n) is 6.44. The van der Waals surface area contributed by atoms with Crippen molar-refractivity contribution in [1.82, 2.24) is 9.88 Å². The van der Waals surface area contributed by atoms with E-state index in [4.69, 9.17) is 0 Å². The first-order chi connectivity index (χ1) is 13.5. The molecule has 0 aliphatic carbocycles. The lowest BCUT2D eigenvalue weighted by Crippen LogP contribution is -2.39. The molecular formula is C19H21F2N3O3S. The number of hydrogen-bond donors (Lipinski definition) is 1. The first-order valence-corrected chi connectivity index (χ1v) is 9.98. The van der Waals surface area contributed by atoms with E-state index in [1.165, 1.54) is 17.4 Å². The predicted octanol–water partition coefficient (Wildman–Crippen LogP) is 4.14. The molecule has 1 fully saturated rings. The van der Waals surface area contributed by atoms with Crippen LogP contribution in [-0.4, -0.2) is 41.4 Å². The fourth-order valence-corrected chi connectivity index (χ4v) is 3.77. The molecule has 2 amide bonds. The Labute approximate surface area is 165 Å². The van der Waals surface area contributed by atoms with Crippen molar-refractivity contribution in [3.05, 3.63) is 29.6 Å². The molecule has 28 heavy (non-hydrogen) atoms. The number of para-hydroxylation sites is 1. The Balaban J connectivity index is 1.64. The molecule has 1 aromatic heterocycles. The van der Waals surface area contributed by atoms with Gasteiger partial charge in [0, 0.05) is 23.9 Å². The number of ether oxygens (including phenoxy) is 1. The molecule has 1 N–H and O–H groups in total. The van der Waals surface area contributed by atoms with E-state index in [1.54, 1.807) is 28.5 Å². The summed E-state index contributed by atoms with van der Waals surface area (Å²) in [4.78, 5) is 30.3. The summed E-state index contributed by atoms with van der Waals surface area (Å²) in [5, 5.41) is 4.68. The number of alkyl halides is 2. The molecule has 0 radical (unpaired) electrons. The van der Waals surface area contributed by atoms with E-state index in [-0.39, 0.29) is 24.1 Å². The molecule has 1 aromatic carbocycles. The van der Waals surface area contributed by atoms with Crippen LogP contribution in [0.25, 0.3) is 11.3 Å². The Morgan fingerprint density at radius 3 is 2.86 bits per heavy atom. The van der Waals surface area contributed by atoms with Crippen molar-refractivity contribution in [3.63, 3.8) is 0 Å². The van der Waals surface area contributed by atoms with Gasteiger partial charge in [-0.15, -0.1) is 11.3 Å². The average Bonchev–Trinajstić information content (AvgIpc) is 3.09. The number of carbonyl (C=O) groups is 2. The number of carbonyl (C=O) groups excluding carboxylic acids is 2. The van der Waals surface area contributed by atoms with Crippen molar-refractivity contribution < 1.29 is 23.1 Å². The van der Waals surface area contributed by atoms with Gasteiger partial charge in [0.25, 0.3) is 0 Å². The van der Waals surface area contributed by atoms with E-state index in [1.807, 2.05) is 0 Å². The highest BCUT2D eigenvalue weighted by Crippen LogP contribution is 2.33. The molecule has 150 valence electrons. The largest absolute Gasteiger partial charge is 0.434 e. The van der Waals surface area contributed by atoms with Gasteiger partial charge in [-0.05, 0) is 25.0 Å². The molecule has 0 atom stereocenters. The second kappa shape index (κ2) is 9.59. The number of aromatic nitrogens is 1. The lowest BCUT2D eigenvalue weighted by atomic mass is 10.1. The van der Waals surface area contributed by atoms with E-state index in [0.717, 1.165) is 25.7 Å². The zero-order valence-electron chi connectivity index (χ0n) is 15.2. The van der Waals surface area contributed by atoms with Gasteiger partial charge < -0.3 is 15.0 Å². The molecule has 1 saturated heterocycles. The third-order valence-electron chi connectivity index (χ3n) is 4.39. The Kier molecular flexibility index (Phi) is 6.91. The Bertz CT molecular complexity index is 828. The zero-order chi connectivity index (χ0) is 19.9. The van der Waals surface area contributed by atoms with E-state index in [0.29, 0.717) is 29.4 Å². The van der Waals surface area contributed by atoms with E-state index in [9.17, 15) is 18.4 Å². The number of halogens is 2. The van der Waals surface area contributed by atoms with Gasteiger partial charge in [-0.3, -0.25) is 9.59 Å². The van der Waals surface area contributed by atoms with Crippen molar-refractivity contribution >= 4 is 28.3 Å². The number of hydrogen-bond acceptors (Lipinski definition) is 5. The lowest BCUT2D eigenvalue weighted by Gasteiger charge is -2.23. The minimum absolute atomic E-state index is 0.00671. The quantitative estimate of drug-likeness (QED) is 0.778. The van der Waals surface area contributed by atoms with Crippen LogP contribution in [0.2, 0.25) is 0 Å². The highest BCUT2D eigenvalue weighted by Gasteiger charge is 2.19. The summed E-state index contributed by atoms with van der Waals surface area (Å²) in [5.74, 6) is -0.313. The minimum atomic E-state index is -2.94. The number of anilines is 1. The smallest absolute Gasteiger partial charge is 0.387 e. The van der Waals surface area contributed by atoms with Crippen molar-refractivity contribution in [2.75, 3.05) is 18.4 Å². The molecule has 3 rings (SSSR count). The molecule has 0 spiro atoms. The first kappa shape index (κ1) is 20.2. The van der Waals surface area contributed by atoms with Crippen LogP contribution in [0.3, 0.4) is 0 Å². The fraction of sp³-hybridized carbons (Fsp3) is 0.421. The molecule has 9 heteroatoms. The molecule has 0 saturated carbocycles. The maximum Gasteiger partial charge on any atom is 0.387 e. The molecule has 2 heterocycles. The third kappa shape index (κ3) is 5.48. The standard InChI is InChI=1S/C19H21F2N3O3S/c20-18(21)27-15-8-5-4-7-13(15)14-12-28-19(22-14)23-16(25)11-24-10-6-2-1-3-9-17(24)26/h4-5,7-8,12,18H,1-3,6,9-11H2,(H,22,23,25). The number of nitrogens with one attached hydrogen (secondary N) is 1. The average molecular weight is 409 g/mol. The van der Waals surface area contributed by atoms with Gasteiger partial charge in [0.05, 0.1) is 12.2 Å². The zero-order valence-corrected chi connectivity index (χ0v) is 16.0. The molecular weight excluding hydrogens is 388 g/mol. The van der Waals surface area contributed by atoms with Gasteiger partial charge in [0.2, 0.25) is 11.8 Å². The Morgan fingerprint density at radius 1 is 1.25 bits per heavy atom. The van der Waals surface area contributed by atoms with Crippen molar-refractivity contribution in [1.29, 1.82) is 0 Å². The number of rotatable bonds is 6. The number of thiazole rings is 1. The number of nitrogens with zero attached hydrogens (tertiary/aromatic N) is 2. The fourth-order valence-electron chi connectivity index (χ4n) is 3.05. The molecule has 2 aromatic rings. The minimum Gasteiger partial charge on any atom is -0.434 e. The van der Waals surface area contributed by atoms with Crippen LogP contribution in [-0.2, 0) is 9.59 Å². The van der Waals surface area contributed by atoms with Crippen LogP contribution in [0.1, 0.15) is 32.1 Å². The summed E-state index contributed by atoms with van der Waals surface area (Å²) in [6.45, 7) is -2.37. The molecule has 1 aliphatic heterocycles. The lowest BCUT2D eigenvalue weighted by molar-refractivity contribution is -0.135.